The topological polar surface area (TPSA) is 35.2 Å². The van der Waals surface area contributed by atoms with Gasteiger partial charge in [0, 0.05) is 16.7 Å². The summed E-state index contributed by atoms with van der Waals surface area (Å²) in [6.07, 6.45) is 3.89. The predicted octanol–water partition coefficient (Wildman–Crippen LogP) is 6.05. The molecule has 2 nitrogen and oxygen atoms in total. The Morgan fingerprint density at radius 1 is 0.759 bits per heavy atom. The van der Waals surface area contributed by atoms with Crippen LogP contribution in [0.1, 0.15) is 16.7 Å². The van der Waals surface area contributed by atoms with Crippen LogP contribution in [-0.2, 0) is 5.60 Å². The van der Waals surface area contributed by atoms with E-state index in [1.807, 2.05) is 42.5 Å². The largest absolute Gasteiger partial charge is 0.471 e. The molecule has 0 saturated carbocycles. The monoisotopic (exact) mass is 385 g/mol. The van der Waals surface area contributed by atoms with Gasteiger partial charge >= 0.3 is 0 Å². The Bertz CT molecular complexity index is 1200. The number of ether oxygens (including phenoxy) is 1. The molecule has 4 aromatic rings. The molecule has 0 aromatic heterocycles. The SMILES string of the molecule is Nc1cc2ccccc2c2c1OC(c1ccc(F)cc1)(c1ccc(F)cc1)C=C2. The minimum Gasteiger partial charge on any atom is -0.471 e. The van der Waals surface area contributed by atoms with Crippen molar-refractivity contribution in [3.8, 4) is 5.75 Å². The third-order valence-corrected chi connectivity index (χ3v) is 5.36. The highest BCUT2D eigenvalue weighted by Gasteiger charge is 2.38. The Balaban J connectivity index is 1.76. The Morgan fingerprint density at radius 3 is 1.97 bits per heavy atom. The Labute approximate surface area is 166 Å². The van der Waals surface area contributed by atoms with E-state index in [0.29, 0.717) is 11.4 Å². The number of fused-ring (bicyclic) bond motifs is 3. The van der Waals surface area contributed by atoms with E-state index in [9.17, 15) is 8.78 Å². The van der Waals surface area contributed by atoms with E-state index < -0.39 is 5.60 Å². The lowest BCUT2D eigenvalue weighted by atomic mass is 9.83. The van der Waals surface area contributed by atoms with Crippen LogP contribution < -0.4 is 10.5 Å². The molecule has 0 bridgehead atoms. The molecule has 0 atom stereocenters. The number of anilines is 1. The molecule has 1 aliphatic heterocycles. The summed E-state index contributed by atoms with van der Waals surface area (Å²) in [5.41, 5.74) is 8.15. The average molecular weight is 385 g/mol. The number of nitrogen functional groups attached to an aromatic ring is 1. The summed E-state index contributed by atoms with van der Waals surface area (Å²) < 4.78 is 33.7. The van der Waals surface area contributed by atoms with E-state index >= 15 is 0 Å². The first-order valence-electron chi connectivity index (χ1n) is 9.28. The van der Waals surface area contributed by atoms with Crippen LogP contribution in [-0.4, -0.2) is 0 Å². The van der Waals surface area contributed by atoms with Crippen LogP contribution in [0.5, 0.6) is 5.75 Å². The van der Waals surface area contributed by atoms with Crippen LogP contribution in [0.25, 0.3) is 16.8 Å². The van der Waals surface area contributed by atoms with Gasteiger partial charge in [-0.1, -0.05) is 48.5 Å². The molecule has 2 N–H and O–H groups in total. The molecule has 0 saturated heterocycles. The second-order valence-corrected chi connectivity index (χ2v) is 7.11. The van der Waals surface area contributed by atoms with E-state index in [1.165, 1.54) is 24.3 Å². The molecule has 1 heterocycles. The molecule has 4 heteroatoms. The molecule has 1 aliphatic rings. The fourth-order valence-corrected chi connectivity index (χ4v) is 3.93. The van der Waals surface area contributed by atoms with Crippen LogP contribution in [0, 0.1) is 11.6 Å². The summed E-state index contributed by atoms with van der Waals surface area (Å²) in [5, 5.41) is 2.05. The van der Waals surface area contributed by atoms with Gasteiger partial charge in [0.05, 0.1) is 5.69 Å². The Kier molecular flexibility index (Phi) is 3.88. The van der Waals surface area contributed by atoms with Crippen molar-refractivity contribution in [1.29, 1.82) is 0 Å². The number of benzene rings is 4. The molecular formula is C25H17F2NO. The molecular weight excluding hydrogens is 368 g/mol. The summed E-state index contributed by atoms with van der Waals surface area (Å²) in [6, 6.07) is 22.1. The Morgan fingerprint density at radius 2 is 1.34 bits per heavy atom. The smallest absolute Gasteiger partial charge is 0.178 e. The van der Waals surface area contributed by atoms with E-state index in [4.69, 9.17) is 10.5 Å². The van der Waals surface area contributed by atoms with Crippen LogP contribution in [0.4, 0.5) is 14.5 Å². The van der Waals surface area contributed by atoms with Gasteiger partial charge in [-0.25, -0.2) is 8.78 Å². The van der Waals surface area contributed by atoms with Crippen molar-refractivity contribution in [3.05, 3.63) is 113 Å². The normalized spacial score (nSPS) is 14.4. The molecule has 5 rings (SSSR count). The summed E-state index contributed by atoms with van der Waals surface area (Å²) in [7, 11) is 0. The highest BCUT2D eigenvalue weighted by molar-refractivity contribution is 5.97. The third-order valence-electron chi connectivity index (χ3n) is 5.36. The number of hydrogen-bond acceptors (Lipinski definition) is 2. The van der Waals surface area contributed by atoms with Gasteiger partial charge in [-0.15, -0.1) is 0 Å². The maximum Gasteiger partial charge on any atom is 0.178 e. The lowest BCUT2D eigenvalue weighted by molar-refractivity contribution is 0.162. The number of nitrogens with two attached hydrogens (primary N) is 1. The maximum atomic E-state index is 13.6. The van der Waals surface area contributed by atoms with Gasteiger partial charge in [0.1, 0.15) is 11.6 Å². The van der Waals surface area contributed by atoms with Crippen molar-refractivity contribution in [1.82, 2.24) is 0 Å². The van der Waals surface area contributed by atoms with Gasteiger partial charge in [-0.3, -0.25) is 0 Å². The van der Waals surface area contributed by atoms with Crippen molar-refractivity contribution in [2.24, 2.45) is 0 Å². The fraction of sp³-hybridized carbons (Fsp3) is 0.0400. The van der Waals surface area contributed by atoms with Crippen LogP contribution >= 0.6 is 0 Å². The first kappa shape index (κ1) is 17.4. The summed E-state index contributed by atoms with van der Waals surface area (Å²) in [4.78, 5) is 0. The molecule has 0 aliphatic carbocycles. The molecule has 29 heavy (non-hydrogen) atoms. The Hall–Kier alpha value is -3.66. The second kappa shape index (κ2) is 6.45. The molecule has 0 amide bonds. The summed E-state index contributed by atoms with van der Waals surface area (Å²) >= 11 is 0. The second-order valence-electron chi connectivity index (χ2n) is 7.11. The lowest BCUT2D eigenvalue weighted by Gasteiger charge is -2.37. The summed E-state index contributed by atoms with van der Waals surface area (Å²) in [6.45, 7) is 0. The molecule has 0 radical (unpaired) electrons. The fourth-order valence-electron chi connectivity index (χ4n) is 3.93. The molecule has 0 unspecified atom stereocenters. The van der Waals surface area contributed by atoms with Gasteiger partial charge in [-0.2, -0.15) is 0 Å². The first-order chi connectivity index (χ1) is 14.1. The van der Waals surface area contributed by atoms with Crippen LogP contribution in [0.15, 0.2) is 84.9 Å². The highest BCUT2D eigenvalue weighted by Crippen LogP contribution is 2.46. The van der Waals surface area contributed by atoms with Crippen molar-refractivity contribution >= 4 is 22.5 Å². The van der Waals surface area contributed by atoms with Crippen molar-refractivity contribution < 1.29 is 13.5 Å². The van der Waals surface area contributed by atoms with Crippen molar-refractivity contribution in [2.45, 2.75) is 5.60 Å². The van der Waals surface area contributed by atoms with Gasteiger partial charge in [-0.05, 0) is 53.3 Å². The van der Waals surface area contributed by atoms with Gasteiger partial charge < -0.3 is 10.5 Å². The predicted molar refractivity (Wildman–Crippen MR) is 112 cm³/mol. The quantitative estimate of drug-likeness (QED) is 0.426. The van der Waals surface area contributed by atoms with E-state index in [0.717, 1.165) is 27.5 Å². The van der Waals surface area contributed by atoms with Crippen LogP contribution in [0.3, 0.4) is 0 Å². The minimum absolute atomic E-state index is 0.339. The number of hydrogen-bond donors (Lipinski definition) is 1. The molecule has 142 valence electrons. The lowest BCUT2D eigenvalue weighted by Crippen LogP contribution is -2.34. The standard InChI is InChI=1S/C25H17F2NO/c26-19-9-5-17(6-10-19)25(18-7-11-20(27)12-8-18)14-13-22-21-4-2-1-3-16(21)15-23(28)24(22)29-25/h1-15H,28H2. The molecule has 0 fully saturated rings. The minimum atomic E-state index is -1.05. The van der Waals surface area contributed by atoms with E-state index in [1.54, 1.807) is 24.3 Å². The van der Waals surface area contributed by atoms with Gasteiger partial charge in [0.2, 0.25) is 0 Å². The first-order valence-corrected chi connectivity index (χ1v) is 9.28. The number of rotatable bonds is 2. The third kappa shape index (κ3) is 2.76. The van der Waals surface area contributed by atoms with Crippen molar-refractivity contribution in [2.75, 3.05) is 5.73 Å². The molecule has 4 aromatic carbocycles. The summed E-state index contributed by atoms with van der Waals surface area (Å²) in [5.74, 6) is -0.123. The highest BCUT2D eigenvalue weighted by atomic mass is 19.1. The average Bonchev–Trinajstić information content (AvgIpc) is 2.75. The number of halogens is 2. The maximum absolute atomic E-state index is 13.6. The van der Waals surface area contributed by atoms with E-state index in [2.05, 4.69) is 0 Å². The van der Waals surface area contributed by atoms with E-state index in [-0.39, 0.29) is 11.6 Å². The molecule has 0 spiro atoms. The zero-order valence-corrected chi connectivity index (χ0v) is 15.4. The zero-order chi connectivity index (χ0) is 20.0. The van der Waals surface area contributed by atoms with Crippen LogP contribution in [0.2, 0.25) is 0 Å². The van der Waals surface area contributed by atoms with Crippen molar-refractivity contribution in [3.63, 3.8) is 0 Å². The zero-order valence-electron chi connectivity index (χ0n) is 15.4. The van der Waals surface area contributed by atoms with Gasteiger partial charge in [0.15, 0.2) is 11.4 Å². The van der Waals surface area contributed by atoms with Gasteiger partial charge in [0.25, 0.3) is 0 Å².